The van der Waals surface area contributed by atoms with Crippen molar-refractivity contribution in [3.05, 3.63) is 40.5 Å². The molecule has 16 heavy (non-hydrogen) atoms. The van der Waals surface area contributed by atoms with Crippen molar-refractivity contribution < 1.29 is 5.11 Å². The maximum Gasteiger partial charge on any atom is 0.108 e. The number of rotatable bonds is 2. The topological polar surface area (TPSA) is 33.1 Å². The summed E-state index contributed by atoms with van der Waals surface area (Å²) in [5.41, 5.74) is 1.45. The molecule has 0 aliphatic heterocycles. The summed E-state index contributed by atoms with van der Waals surface area (Å²) in [4.78, 5) is 4.40. The highest BCUT2D eigenvalue weighted by molar-refractivity contribution is 9.10. The minimum Gasteiger partial charge on any atom is -0.386 e. The zero-order valence-corrected chi connectivity index (χ0v) is 10.1. The Balaban J connectivity index is 2.54. The van der Waals surface area contributed by atoms with Crippen LogP contribution in [0.15, 0.2) is 34.8 Å². The zero-order valence-electron chi connectivity index (χ0n) is 8.52. The fourth-order valence-corrected chi connectivity index (χ4v) is 2.15. The second-order valence-electron chi connectivity index (χ2n) is 3.47. The first kappa shape index (κ1) is 11.1. The van der Waals surface area contributed by atoms with Crippen molar-refractivity contribution in [2.75, 3.05) is 0 Å². The summed E-state index contributed by atoms with van der Waals surface area (Å²) in [5, 5.41) is 10.9. The molecule has 0 saturated heterocycles. The van der Waals surface area contributed by atoms with E-state index in [1.807, 2.05) is 30.3 Å². The Morgan fingerprint density at radius 3 is 2.94 bits per heavy atom. The van der Waals surface area contributed by atoms with Crippen LogP contribution in [0.3, 0.4) is 0 Å². The third kappa shape index (κ3) is 2.08. The summed E-state index contributed by atoms with van der Waals surface area (Å²) in [6.45, 7) is 0. The van der Waals surface area contributed by atoms with E-state index >= 15 is 0 Å². The van der Waals surface area contributed by atoms with Crippen LogP contribution >= 0.6 is 15.9 Å². The number of pyridine rings is 1. The predicted octanol–water partition coefficient (Wildman–Crippen LogP) is 3.05. The van der Waals surface area contributed by atoms with E-state index in [9.17, 15) is 5.11 Å². The van der Waals surface area contributed by atoms with E-state index in [1.165, 1.54) is 0 Å². The summed E-state index contributed by atoms with van der Waals surface area (Å²) in [5.74, 6) is 2.43. The average Bonchev–Trinajstić information content (AvgIpc) is 2.28. The molecule has 1 N–H and O–H groups in total. The first-order chi connectivity index (χ1) is 7.72. The molecule has 0 saturated carbocycles. The van der Waals surface area contributed by atoms with E-state index in [1.54, 1.807) is 0 Å². The van der Waals surface area contributed by atoms with Crippen LogP contribution in [0.25, 0.3) is 10.9 Å². The maximum absolute atomic E-state index is 9.83. The number of halogens is 1. The van der Waals surface area contributed by atoms with Crippen LogP contribution in [0.5, 0.6) is 0 Å². The second-order valence-corrected chi connectivity index (χ2v) is 4.33. The molecule has 0 bridgehead atoms. The zero-order chi connectivity index (χ0) is 11.5. The molecule has 2 aromatic rings. The van der Waals surface area contributed by atoms with Crippen molar-refractivity contribution >= 4 is 26.8 Å². The molecular formula is C13H10BrNO. The molecule has 0 spiro atoms. The van der Waals surface area contributed by atoms with Gasteiger partial charge in [0.05, 0.1) is 11.2 Å². The van der Waals surface area contributed by atoms with E-state index in [-0.39, 0.29) is 6.42 Å². The summed E-state index contributed by atoms with van der Waals surface area (Å²) in [6.07, 6.45) is 4.73. The van der Waals surface area contributed by atoms with Crippen LogP contribution in [-0.4, -0.2) is 10.1 Å². The van der Waals surface area contributed by atoms with Crippen molar-refractivity contribution in [1.82, 2.24) is 4.98 Å². The third-order valence-electron chi connectivity index (χ3n) is 2.33. The van der Waals surface area contributed by atoms with Gasteiger partial charge in [0.2, 0.25) is 0 Å². The molecule has 0 aliphatic carbocycles. The monoisotopic (exact) mass is 275 g/mol. The Morgan fingerprint density at radius 2 is 2.19 bits per heavy atom. The van der Waals surface area contributed by atoms with Gasteiger partial charge < -0.3 is 5.11 Å². The van der Waals surface area contributed by atoms with Crippen LogP contribution in [0.1, 0.15) is 18.2 Å². The lowest BCUT2D eigenvalue weighted by atomic mass is 10.1. The summed E-state index contributed by atoms with van der Waals surface area (Å²) >= 11 is 3.40. The molecule has 1 aromatic heterocycles. The van der Waals surface area contributed by atoms with Gasteiger partial charge in [-0.15, -0.1) is 12.3 Å². The molecular weight excluding hydrogens is 266 g/mol. The van der Waals surface area contributed by atoms with Gasteiger partial charge in [0.25, 0.3) is 0 Å². The minimum atomic E-state index is -0.719. The SMILES string of the molecule is C#CCC(O)c1nc2ccccc2cc1Br. The van der Waals surface area contributed by atoms with Crippen LogP contribution in [0.2, 0.25) is 0 Å². The summed E-state index contributed by atoms with van der Waals surface area (Å²) < 4.78 is 0.786. The van der Waals surface area contributed by atoms with E-state index < -0.39 is 6.10 Å². The van der Waals surface area contributed by atoms with Crippen molar-refractivity contribution in [2.45, 2.75) is 12.5 Å². The highest BCUT2D eigenvalue weighted by atomic mass is 79.9. The Morgan fingerprint density at radius 1 is 1.44 bits per heavy atom. The second kappa shape index (κ2) is 4.65. The molecule has 0 aliphatic rings. The number of terminal acetylenes is 1. The van der Waals surface area contributed by atoms with Crippen LogP contribution in [-0.2, 0) is 0 Å². The van der Waals surface area contributed by atoms with Crippen LogP contribution in [0.4, 0.5) is 0 Å². The Hall–Kier alpha value is -1.37. The normalized spacial score (nSPS) is 12.3. The highest BCUT2D eigenvalue weighted by Gasteiger charge is 2.12. The molecule has 2 rings (SSSR count). The predicted molar refractivity (Wildman–Crippen MR) is 67.9 cm³/mol. The van der Waals surface area contributed by atoms with Gasteiger partial charge in [0.15, 0.2) is 0 Å². The van der Waals surface area contributed by atoms with Gasteiger partial charge in [-0.05, 0) is 28.1 Å². The Bertz CT molecular complexity index is 559. The Labute approximate surface area is 102 Å². The molecule has 0 amide bonds. The number of benzene rings is 1. The lowest BCUT2D eigenvalue weighted by Crippen LogP contribution is -2.01. The van der Waals surface area contributed by atoms with Gasteiger partial charge in [-0.25, -0.2) is 4.98 Å². The quantitative estimate of drug-likeness (QED) is 0.855. The lowest BCUT2D eigenvalue weighted by Gasteiger charge is -2.10. The van der Waals surface area contributed by atoms with Gasteiger partial charge in [-0.2, -0.15) is 0 Å². The van der Waals surface area contributed by atoms with Crippen molar-refractivity contribution in [3.63, 3.8) is 0 Å². The summed E-state index contributed by atoms with van der Waals surface area (Å²) in [7, 11) is 0. The van der Waals surface area contributed by atoms with E-state index in [0.29, 0.717) is 5.69 Å². The first-order valence-electron chi connectivity index (χ1n) is 4.89. The van der Waals surface area contributed by atoms with Gasteiger partial charge in [-0.1, -0.05) is 18.2 Å². The molecule has 80 valence electrons. The van der Waals surface area contributed by atoms with E-state index in [2.05, 4.69) is 26.8 Å². The van der Waals surface area contributed by atoms with Gasteiger partial charge >= 0.3 is 0 Å². The fourth-order valence-electron chi connectivity index (χ4n) is 1.55. The number of hydrogen-bond donors (Lipinski definition) is 1. The van der Waals surface area contributed by atoms with Gasteiger partial charge in [-0.3, -0.25) is 0 Å². The van der Waals surface area contributed by atoms with Crippen molar-refractivity contribution in [2.24, 2.45) is 0 Å². The number of nitrogens with zero attached hydrogens (tertiary/aromatic N) is 1. The van der Waals surface area contributed by atoms with Crippen molar-refractivity contribution in [3.8, 4) is 12.3 Å². The largest absolute Gasteiger partial charge is 0.386 e. The van der Waals surface area contributed by atoms with Crippen molar-refractivity contribution in [1.29, 1.82) is 0 Å². The Kier molecular flexibility index (Phi) is 3.23. The molecule has 0 fully saturated rings. The average molecular weight is 276 g/mol. The van der Waals surface area contributed by atoms with E-state index in [0.717, 1.165) is 15.4 Å². The fraction of sp³-hybridized carbons (Fsp3) is 0.154. The molecule has 1 aromatic carbocycles. The highest BCUT2D eigenvalue weighted by Crippen LogP contribution is 2.27. The maximum atomic E-state index is 9.83. The standard InChI is InChI=1S/C13H10BrNO/c1-2-5-12(16)13-10(14)8-9-6-3-4-7-11(9)15-13/h1,3-4,6-8,12,16H,5H2. The number of aliphatic hydroxyl groups excluding tert-OH is 1. The molecule has 1 atom stereocenters. The van der Waals surface area contributed by atoms with Gasteiger partial charge in [0.1, 0.15) is 6.10 Å². The van der Waals surface area contributed by atoms with E-state index in [4.69, 9.17) is 6.42 Å². The molecule has 2 nitrogen and oxygen atoms in total. The van der Waals surface area contributed by atoms with Gasteiger partial charge in [0, 0.05) is 16.3 Å². The number of hydrogen-bond acceptors (Lipinski definition) is 2. The first-order valence-corrected chi connectivity index (χ1v) is 5.68. The minimum absolute atomic E-state index is 0.268. The smallest absolute Gasteiger partial charge is 0.108 e. The molecule has 1 heterocycles. The third-order valence-corrected chi connectivity index (χ3v) is 2.97. The van der Waals surface area contributed by atoms with Crippen LogP contribution in [0, 0.1) is 12.3 Å². The molecule has 3 heteroatoms. The molecule has 0 radical (unpaired) electrons. The number of fused-ring (bicyclic) bond motifs is 1. The number of para-hydroxylation sites is 1. The van der Waals surface area contributed by atoms with Crippen LogP contribution < -0.4 is 0 Å². The number of aromatic nitrogens is 1. The lowest BCUT2D eigenvalue weighted by molar-refractivity contribution is 0.178. The number of aliphatic hydroxyl groups is 1. The molecule has 1 unspecified atom stereocenters. The summed E-state index contributed by atoms with van der Waals surface area (Å²) in [6, 6.07) is 9.70.